The Balaban J connectivity index is 2.39. The Hall–Kier alpha value is -2.41. The zero-order chi connectivity index (χ0) is 18.3. The highest BCUT2D eigenvalue weighted by Gasteiger charge is 2.17. The molecule has 1 rings (SSSR count). The summed E-state index contributed by atoms with van der Waals surface area (Å²) in [5.41, 5.74) is 8.32. The quantitative estimate of drug-likeness (QED) is 0.580. The molecule has 0 spiro atoms. The van der Waals surface area contributed by atoms with Crippen LogP contribution in [0.25, 0.3) is 0 Å². The molecule has 0 heterocycles. The summed E-state index contributed by atoms with van der Waals surface area (Å²) in [5, 5.41) is 7.68. The summed E-state index contributed by atoms with van der Waals surface area (Å²) < 4.78 is 0. The van der Waals surface area contributed by atoms with Gasteiger partial charge in [-0.25, -0.2) is 0 Å². The van der Waals surface area contributed by atoms with Gasteiger partial charge in [0.05, 0.1) is 19.1 Å². The van der Waals surface area contributed by atoms with Crippen LogP contribution in [-0.2, 0) is 14.4 Å². The highest BCUT2D eigenvalue weighted by Crippen LogP contribution is 2.18. The standard InChI is InChI=1S/C17H26N4O3/c1-10(2)15(18)17(24)20-8-13(22)19-9-14(23)21-16-11(3)6-5-7-12(16)4/h5-7,10,15H,8-9,18H2,1-4H3,(H,19,22)(H,20,24)(H,21,23)/t15-/m0/s1. The summed E-state index contributed by atoms with van der Waals surface area (Å²) in [4.78, 5) is 35.3. The molecule has 0 fully saturated rings. The highest BCUT2D eigenvalue weighted by atomic mass is 16.2. The summed E-state index contributed by atoms with van der Waals surface area (Å²) in [6.45, 7) is 7.06. The molecular weight excluding hydrogens is 308 g/mol. The third-order valence-corrected chi connectivity index (χ3v) is 3.64. The number of anilines is 1. The Labute approximate surface area is 142 Å². The second-order valence-corrected chi connectivity index (χ2v) is 6.08. The van der Waals surface area contributed by atoms with Gasteiger partial charge in [-0.05, 0) is 30.9 Å². The molecule has 3 amide bonds. The normalized spacial score (nSPS) is 11.8. The molecule has 7 nitrogen and oxygen atoms in total. The van der Waals surface area contributed by atoms with E-state index >= 15 is 0 Å². The van der Waals surface area contributed by atoms with Crippen molar-refractivity contribution in [1.29, 1.82) is 0 Å². The molecule has 0 radical (unpaired) electrons. The van der Waals surface area contributed by atoms with E-state index in [1.54, 1.807) is 0 Å². The van der Waals surface area contributed by atoms with E-state index < -0.39 is 11.9 Å². The van der Waals surface area contributed by atoms with Gasteiger partial charge in [0.15, 0.2) is 0 Å². The molecule has 0 aliphatic heterocycles. The van der Waals surface area contributed by atoms with Crippen LogP contribution in [0.4, 0.5) is 5.69 Å². The van der Waals surface area contributed by atoms with Crippen molar-refractivity contribution in [3.63, 3.8) is 0 Å². The molecular formula is C17H26N4O3. The smallest absolute Gasteiger partial charge is 0.243 e. The maximum Gasteiger partial charge on any atom is 0.243 e. The SMILES string of the molecule is Cc1cccc(C)c1NC(=O)CNC(=O)CNC(=O)[C@@H](N)C(C)C. The third-order valence-electron chi connectivity index (χ3n) is 3.64. The van der Waals surface area contributed by atoms with Gasteiger partial charge < -0.3 is 21.7 Å². The number of rotatable bonds is 7. The van der Waals surface area contributed by atoms with Crippen molar-refractivity contribution >= 4 is 23.4 Å². The van der Waals surface area contributed by atoms with Crippen molar-refractivity contribution in [3.8, 4) is 0 Å². The molecule has 0 unspecified atom stereocenters. The van der Waals surface area contributed by atoms with Gasteiger partial charge in [-0.3, -0.25) is 14.4 Å². The fraction of sp³-hybridized carbons (Fsp3) is 0.471. The summed E-state index contributed by atoms with van der Waals surface area (Å²) in [6.07, 6.45) is 0. The van der Waals surface area contributed by atoms with Crippen molar-refractivity contribution < 1.29 is 14.4 Å². The molecule has 5 N–H and O–H groups in total. The second-order valence-electron chi connectivity index (χ2n) is 6.08. The van der Waals surface area contributed by atoms with Crippen LogP contribution in [0.15, 0.2) is 18.2 Å². The van der Waals surface area contributed by atoms with E-state index in [1.807, 2.05) is 45.9 Å². The second kappa shape index (κ2) is 9.02. The summed E-state index contributed by atoms with van der Waals surface area (Å²) in [6, 6.07) is 5.04. The zero-order valence-corrected chi connectivity index (χ0v) is 14.6. The molecule has 1 atom stereocenters. The van der Waals surface area contributed by atoms with E-state index in [2.05, 4.69) is 16.0 Å². The Morgan fingerprint density at radius 2 is 1.54 bits per heavy atom. The molecule has 7 heteroatoms. The topological polar surface area (TPSA) is 113 Å². The van der Waals surface area contributed by atoms with Gasteiger partial charge in [0.1, 0.15) is 0 Å². The van der Waals surface area contributed by atoms with E-state index in [1.165, 1.54) is 0 Å². The molecule has 1 aromatic carbocycles. The van der Waals surface area contributed by atoms with Crippen LogP contribution < -0.4 is 21.7 Å². The lowest BCUT2D eigenvalue weighted by molar-refractivity contribution is -0.127. The molecule has 0 aliphatic carbocycles. The van der Waals surface area contributed by atoms with E-state index in [0.717, 1.165) is 16.8 Å². The first kappa shape index (κ1) is 19.6. The lowest BCUT2D eigenvalue weighted by Gasteiger charge is -2.15. The van der Waals surface area contributed by atoms with Crippen LogP contribution in [-0.4, -0.2) is 36.9 Å². The largest absolute Gasteiger partial charge is 0.346 e. The molecule has 0 saturated carbocycles. The van der Waals surface area contributed by atoms with Crippen LogP contribution in [0.2, 0.25) is 0 Å². The van der Waals surface area contributed by atoms with E-state index in [-0.39, 0.29) is 30.8 Å². The molecule has 132 valence electrons. The average Bonchev–Trinajstić information content (AvgIpc) is 2.53. The number of carbonyl (C=O) groups is 3. The average molecular weight is 334 g/mol. The van der Waals surface area contributed by atoms with Crippen molar-refractivity contribution in [2.45, 2.75) is 33.7 Å². The zero-order valence-electron chi connectivity index (χ0n) is 14.6. The fourth-order valence-electron chi connectivity index (χ4n) is 2.02. The fourth-order valence-corrected chi connectivity index (χ4v) is 2.02. The molecule has 0 aliphatic rings. The Bertz CT molecular complexity index is 594. The van der Waals surface area contributed by atoms with Crippen LogP contribution in [0.5, 0.6) is 0 Å². The number of benzene rings is 1. The minimum absolute atomic E-state index is 0.0174. The molecule has 24 heavy (non-hydrogen) atoms. The first-order valence-corrected chi connectivity index (χ1v) is 7.88. The maximum atomic E-state index is 11.9. The minimum Gasteiger partial charge on any atom is -0.346 e. The molecule has 0 saturated heterocycles. The lowest BCUT2D eigenvalue weighted by Crippen LogP contribution is -2.47. The number of carbonyl (C=O) groups excluding carboxylic acids is 3. The Morgan fingerprint density at radius 3 is 2.08 bits per heavy atom. The monoisotopic (exact) mass is 334 g/mol. The summed E-state index contributed by atoms with van der Waals surface area (Å²) >= 11 is 0. The summed E-state index contributed by atoms with van der Waals surface area (Å²) in [5.74, 6) is -1.18. The number of nitrogens with one attached hydrogen (secondary N) is 3. The van der Waals surface area contributed by atoms with Gasteiger partial charge in [0.2, 0.25) is 17.7 Å². The lowest BCUT2D eigenvalue weighted by atomic mass is 10.1. The van der Waals surface area contributed by atoms with Crippen LogP contribution in [0.1, 0.15) is 25.0 Å². The molecule has 0 aromatic heterocycles. The number of hydrogen-bond acceptors (Lipinski definition) is 4. The molecule has 1 aromatic rings. The van der Waals surface area contributed by atoms with Gasteiger partial charge in [-0.15, -0.1) is 0 Å². The third kappa shape index (κ3) is 6.00. The van der Waals surface area contributed by atoms with E-state index in [4.69, 9.17) is 5.73 Å². The van der Waals surface area contributed by atoms with Crippen LogP contribution >= 0.6 is 0 Å². The number of aryl methyl sites for hydroxylation is 2. The van der Waals surface area contributed by atoms with Crippen LogP contribution in [0.3, 0.4) is 0 Å². The first-order chi connectivity index (χ1) is 11.2. The highest BCUT2D eigenvalue weighted by molar-refractivity contribution is 5.96. The van der Waals surface area contributed by atoms with Crippen molar-refractivity contribution in [1.82, 2.24) is 10.6 Å². The van der Waals surface area contributed by atoms with Crippen LogP contribution in [0, 0.1) is 19.8 Å². The Kier molecular flexibility index (Phi) is 7.38. The van der Waals surface area contributed by atoms with Crippen molar-refractivity contribution in [3.05, 3.63) is 29.3 Å². The van der Waals surface area contributed by atoms with Gasteiger partial charge in [-0.1, -0.05) is 32.0 Å². The van der Waals surface area contributed by atoms with Gasteiger partial charge in [0, 0.05) is 5.69 Å². The predicted molar refractivity (Wildman–Crippen MR) is 93.4 cm³/mol. The molecule has 0 bridgehead atoms. The van der Waals surface area contributed by atoms with Crippen molar-refractivity contribution in [2.75, 3.05) is 18.4 Å². The van der Waals surface area contributed by atoms with Gasteiger partial charge in [-0.2, -0.15) is 0 Å². The van der Waals surface area contributed by atoms with E-state index in [9.17, 15) is 14.4 Å². The minimum atomic E-state index is -0.662. The number of nitrogens with two attached hydrogens (primary N) is 1. The van der Waals surface area contributed by atoms with Gasteiger partial charge >= 0.3 is 0 Å². The summed E-state index contributed by atoms with van der Waals surface area (Å²) in [7, 11) is 0. The van der Waals surface area contributed by atoms with Gasteiger partial charge in [0.25, 0.3) is 0 Å². The number of para-hydroxylation sites is 1. The number of hydrogen-bond donors (Lipinski definition) is 4. The Morgan fingerprint density at radius 1 is 1.00 bits per heavy atom. The predicted octanol–water partition coefficient (Wildman–Crippen LogP) is 0.458. The number of amides is 3. The van der Waals surface area contributed by atoms with E-state index in [0.29, 0.717) is 0 Å². The van der Waals surface area contributed by atoms with Crippen molar-refractivity contribution in [2.24, 2.45) is 11.7 Å². The first-order valence-electron chi connectivity index (χ1n) is 7.88. The maximum absolute atomic E-state index is 11.9.